The fraction of sp³-hybridized carbons (Fsp3) is 0.727. The molecule has 0 spiro atoms. The molecule has 1 N–H and O–H groups in total. The second kappa shape index (κ2) is 8.26. The summed E-state index contributed by atoms with van der Waals surface area (Å²) in [6.45, 7) is 15.8. The molecule has 2 saturated heterocycles. The van der Waals surface area contributed by atoms with E-state index in [0.29, 0.717) is 35.4 Å². The molecule has 9 heteroatoms. The maximum atomic E-state index is 12.8. The number of hydrogen-bond acceptors (Lipinski definition) is 6. The van der Waals surface area contributed by atoms with Crippen LogP contribution in [-0.4, -0.2) is 81.3 Å². The van der Waals surface area contributed by atoms with E-state index in [1.165, 1.54) is 6.42 Å². The molecule has 4 rings (SSSR count). The maximum Gasteiger partial charge on any atom is 0.263 e. The summed E-state index contributed by atoms with van der Waals surface area (Å²) in [5, 5.41) is 4.89. The lowest BCUT2D eigenvalue weighted by molar-refractivity contribution is -0.135. The quantitative estimate of drug-likeness (QED) is 0.795. The average Bonchev–Trinajstić information content (AvgIpc) is 3.13. The molecule has 0 aliphatic carbocycles. The normalized spacial score (nSPS) is 23.5. The van der Waals surface area contributed by atoms with Gasteiger partial charge < -0.3 is 9.80 Å². The number of fused-ring (bicyclic) bond motifs is 1. The summed E-state index contributed by atoms with van der Waals surface area (Å²) in [5.74, 6) is 1.95. The van der Waals surface area contributed by atoms with E-state index in [1.54, 1.807) is 10.9 Å². The van der Waals surface area contributed by atoms with Gasteiger partial charge in [-0.3, -0.25) is 19.5 Å². The van der Waals surface area contributed by atoms with Crippen LogP contribution in [0.3, 0.4) is 0 Å². The van der Waals surface area contributed by atoms with Crippen LogP contribution in [0.4, 0.5) is 5.95 Å². The van der Waals surface area contributed by atoms with Crippen LogP contribution >= 0.6 is 0 Å². The number of aromatic amines is 1. The SMILES string of the molecule is CC1CC(C)CN(C(=O)CN2CCN(c3nc4c(cnn4C(C)(C)C)c(=O)[nH]3)CC2)C1. The molecule has 1 amide bonds. The largest absolute Gasteiger partial charge is 0.341 e. The summed E-state index contributed by atoms with van der Waals surface area (Å²) in [6, 6.07) is 0. The lowest BCUT2D eigenvalue weighted by Crippen LogP contribution is -2.52. The number of amides is 1. The van der Waals surface area contributed by atoms with Gasteiger partial charge >= 0.3 is 0 Å². The van der Waals surface area contributed by atoms with Gasteiger partial charge in [-0.2, -0.15) is 10.1 Å². The molecule has 170 valence electrons. The maximum absolute atomic E-state index is 12.8. The van der Waals surface area contributed by atoms with E-state index in [-0.39, 0.29) is 17.0 Å². The van der Waals surface area contributed by atoms with Gasteiger partial charge in [0.15, 0.2) is 5.65 Å². The van der Waals surface area contributed by atoms with Crippen molar-refractivity contribution in [3.8, 4) is 0 Å². The Kier molecular flexibility index (Phi) is 5.81. The first-order valence-corrected chi connectivity index (χ1v) is 11.4. The number of carbonyl (C=O) groups excluding carboxylic acids is 1. The van der Waals surface area contributed by atoms with Crippen LogP contribution in [0.2, 0.25) is 0 Å². The standard InChI is InChI=1S/C22H35N7O2/c1-15-10-16(2)13-28(12-15)18(30)14-26-6-8-27(9-7-26)21-24-19-17(20(31)25-21)11-23-29(19)22(3,4)5/h11,15-16H,6-10,12-14H2,1-5H3,(H,24,25,31). The van der Waals surface area contributed by atoms with Crippen molar-refractivity contribution in [2.24, 2.45) is 11.8 Å². The number of anilines is 1. The third-order valence-electron chi connectivity index (χ3n) is 6.31. The van der Waals surface area contributed by atoms with E-state index in [1.807, 2.05) is 25.7 Å². The highest BCUT2D eigenvalue weighted by molar-refractivity contribution is 5.78. The number of piperidine rings is 1. The summed E-state index contributed by atoms with van der Waals surface area (Å²) in [7, 11) is 0. The van der Waals surface area contributed by atoms with Crippen LogP contribution in [0.1, 0.15) is 41.0 Å². The van der Waals surface area contributed by atoms with E-state index in [0.717, 1.165) is 39.3 Å². The molecular formula is C22H35N7O2. The molecule has 9 nitrogen and oxygen atoms in total. The molecule has 2 aromatic rings. The zero-order valence-electron chi connectivity index (χ0n) is 19.4. The van der Waals surface area contributed by atoms with Crippen LogP contribution in [0, 0.1) is 11.8 Å². The molecule has 2 aliphatic rings. The van der Waals surface area contributed by atoms with Crippen molar-refractivity contribution in [3.63, 3.8) is 0 Å². The Balaban J connectivity index is 1.41. The van der Waals surface area contributed by atoms with Gasteiger partial charge in [-0.05, 0) is 39.0 Å². The van der Waals surface area contributed by atoms with Gasteiger partial charge in [0.25, 0.3) is 5.56 Å². The Morgan fingerprint density at radius 3 is 2.39 bits per heavy atom. The Morgan fingerprint density at radius 2 is 1.77 bits per heavy atom. The van der Waals surface area contributed by atoms with Crippen molar-refractivity contribution >= 4 is 22.9 Å². The Labute approximate surface area is 183 Å². The third kappa shape index (κ3) is 4.61. The van der Waals surface area contributed by atoms with Crippen molar-refractivity contribution in [2.45, 2.75) is 46.6 Å². The molecule has 0 saturated carbocycles. The molecule has 0 aromatic carbocycles. The highest BCUT2D eigenvalue weighted by atomic mass is 16.2. The molecule has 4 heterocycles. The third-order valence-corrected chi connectivity index (χ3v) is 6.31. The van der Waals surface area contributed by atoms with Crippen LogP contribution < -0.4 is 10.5 Å². The molecule has 2 unspecified atom stereocenters. The van der Waals surface area contributed by atoms with Crippen LogP contribution in [-0.2, 0) is 10.3 Å². The van der Waals surface area contributed by atoms with E-state index in [4.69, 9.17) is 4.98 Å². The van der Waals surface area contributed by atoms with Crippen molar-refractivity contribution in [2.75, 3.05) is 50.7 Å². The van der Waals surface area contributed by atoms with Crippen molar-refractivity contribution < 1.29 is 4.79 Å². The summed E-state index contributed by atoms with van der Waals surface area (Å²) in [4.78, 5) is 39.4. The molecule has 0 radical (unpaired) electrons. The molecular weight excluding hydrogens is 394 g/mol. The molecule has 2 fully saturated rings. The average molecular weight is 430 g/mol. The van der Waals surface area contributed by atoms with Gasteiger partial charge in [-0.25, -0.2) is 4.68 Å². The molecule has 0 bridgehead atoms. The lowest BCUT2D eigenvalue weighted by atomic mass is 9.92. The summed E-state index contributed by atoms with van der Waals surface area (Å²) < 4.78 is 1.80. The van der Waals surface area contributed by atoms with Crippen LogP contribution in [0.15, 0.2) is 11.0 Å². The van der Waals surface area contributed by atoms with E-state index >= 15 is 0 Å². The number of hydrogen-bond donors (Lipinski definition) is 1. The Bertz CT molecular complexity index is 987. The molecule has 2 aromatic heterocycles. The predicted molar refractivity (Wildman–Crippen MR) is 121 cm³/mol. The number of rotatable bonds is 3. The van der Waals surface area contributed by atoms with Gasteiger partial charge in [-0.15, -0.1) is 0 Å². The number of likely N-dealkylation sites (tertiary alicyclic amines) is 1. The number of H-pyrrole nitrogens is 1. The van der Waals surface area contributed by atoms with Crippen LogP contribution in [0.5, 0.6) is 0 Å². The first-order valence-electron chi connectivity index (χ1n) is 11.4. The van der Waals surface area contributed by atoms with E-state index < -0.39 is 0 Å². The predicted octanol–water partition coefficient (Wildman–Crippen LogP) is 1.50. The van der Waals surface area contributed by atoms with E-state index in [2.05, 4.69) is 33.7 Å². The summed E-state index contributed by atoms with van der Waals surface area (Å²) >= 11 is 0. The van der Waals surface area contributed by atoms with Crippen molar-refractivity contribution in [3.05, 3.63) is 16.6 Å². The second-order valence-electron chi connectivity index (χ2n) is 10.4. The molecule has 2 atom stereocenters. The molecule has 2 aliphatic heterocycles. The minimum absolute atomic E-state index is 0.165. The zero-order valence-corrected chi connectivity index (χ0v) is 19.4. The van der Waals surface area contributed by atoms with Gasteiger partial charge in [0.1, 0.15) is 5.39 Å². The van der Waals surface area contributed by atoms with Crippen molar-refractivity contribution in [1.82, 2.24) is 29.5 Å². The minimum Gasteiger partial charge on any atom is -0.341 e. The second-order valence-corrected chi connectivity index (χ2v) is 10.4. The Morgan fingerprint density at radius 1 is 1.13 bits per heavy atom. The topological polar surface area (TPSA) is 90.4 Å². The van der Waals surface area contributed by atoms with Crippen LogP contribution in [0.25, 0.3) is 11.0 Å². The van der Waals surface area contributed by atoms with Crippen molar-refractivity contribution in [1.29, 1.82) is 0 Å². The number of carbonyl (C=O) groups is 1. The van der Waals surface area contributed by atoms with Gasteiger partial charge in [-0.1, -0.05) is 13.8 Å². The van der Waals surface area contributed by atoms with E-state index in [9.17, 15) is 9.59 Å². The number of nitrogens with one attached hydrogen (secondary N) is 1. The number of nitrogens with zero attached hydrogens (tertiary/aromatic N) is 6. The Hall–Kier alpha value is -2.42. The highest BCUT2D eigenvalue weighted by Crippen LogP contribution is 2.22. The fourth-order valence-corrected chi connectivity index (χ4v) is 4.82. The fourth-order valence-electron chi connectivity index (χ4n) is 4.82. The first kappa shape index (κ1) is 21.8. The summed E-state index contributed by atoms with van der Waals surface area (Å²) in [6.07, 6.45) is 2.79. The van der Waals surface area contributed by atoms with Gasteiger partial charge in [0.05, 0.1) is 18.3 Å². The number of aromatic nitrogens is 4. The summed E-state index contributed by atoms with van der Waals surface area (Å²) in [5.41, 5.74) is 0.182. The smallest absolute Gasteiger partial charge is 0.263 e. The monoisotopic (exact) mass is 429 g/mol. The number of piperazine rings is 1. The molecule has 31 heavy (non-hydrogen) atoms. The van der Waals surface area contributed by atoms with Gasteiger partial charge in [0, 0.05) is 39.3 Å². The zero-order chi connectivity index (χ0) is 22.3. The highest BCUT2D eigenvalue weighted by Gasteiger charge is 2.28. The van der Waals surface area contributed by atoms with Gasteiger partial charge in [0.2, 0.25) is 11.9 Å². The minimum atomic E-state index is -0.262. The lowest BCUT2D eigenvalue weighted by Gasteiger charge is -2.38. The first-order chi connectivity index (χ1) is 14.6.